The number of hydrogen-bond donors (Lipinski definition) is 2. The molecule has 2 N–H and O–H groups in total. The van der Waals surface area contributed by atoms with E-state index in [2.05, 4.69) is 10.6 Å². The van der Waals surface area contributed by atoms with E-state index in [0.29, 0.717) is 60.1 Å². The highest BCUT2D eigenvalue weighted by Gasteiger charge is 2.16. The lowest BCUT2D eigenvalue weighted by atomic mass is 10.0. The first-order chi connectivity index (χ1) is 16.5. The number of halogens is 1. The van der Waals surface area contributed by atoms with E-state index in [-0.39, 0.29) is 24.2 Å². The predicted octanol–water partition coefficient (Wildman–Crippen LogP) is 4.02. The molecule has 1 fully saturated rings. The molecule has 0 unspecified atom stereocenters. The molecule has 3 aromatic carbocycles. The number of nitrogens with one attached hydrogen (secondary N) is 2. The molecule has 8 heteroatoms. The molecular formula is C26H26FN3O4. The van der Waals surface area contributed by atoms with Crippen LogP contribution < -0.4 is 15.4 Å². The van der Waals surface area contributed by atoms with Gasteiger partial charge in [0.2, 0.25) is 5.91 Å². The van der Waals surface area contributed by atoms with Gasteiger partial charge in [-0.3, -0.25) is 14.5 Å². The van der Waals surface area contributed by atoms with Gasteiger partial charge in [0.25, 0.3) is 5.91 Å². The number of ether oxygens (including phenoxy) is 2. The summed E-state index contributed by atoms with van der Waals surface area (Å²) in [6.45, 7) is 2.88. The number of carbonyl (C=O) groups excluding carboxylic acids is 2. The Morgan fingerprint density at radius 2 is 1.74 bits per heavy atom. The zero-order valence-corrected chi connectivity index (χ0v) is 18.8. The fourth-order valence-corrected chi connectivity index (χ4v) is 3.74. The van der Waals surface area contributed by atoms with Crippen LogP contribution in [-0.2, 0) is 9.53 Å². The second-order valence-electron chi connectivity index (χ2n) is 7.86. The number of rotatable bonds is 7. The van der Waals surface area contributed by atoms with Crippen LogP contribution in [0.25, 0.3) is 11.1 Å². The molecule has 0 aromatic heterocycles. The molecule has 0 bridgehead atoms. The van der Waals surface area contributed by atoms with E-state index in [1.807, 2.05) is 4.90 Å². The molecule has 0 saturated carbocycles. The van der Waals surface area contributed by atoms with Gasteiger partial charge < -0.3 is 20.1 Å². The van der Waals surface area contributed by atoms with E-state index in [1.54, 1.807) is 60.7 Å². The van der Waals surface area contributed by atoms with Crippen LogP contribution in [0.5, 0.6) is 5.75 Å². The second kappa shape index (κ2) is 10.9. The average molecular weight is 464 g/mol. The molecular weight excluding hydrogens is 437 g/mol. The van der Waals surface area contributed by atoms with Gasteiger partial charge in [-0.2, -0.15) is 0 Å². The van der Waals surface area contributed by atoms with Crippen LogP contribution >= 0.6 is 0 Å². The quantitative estimate of drug-likeness (QED) is 0.553. The van der Waals surface area contributed by atoms with E-state index in [4.69, 9.17) is 9.47 Å². The molecule has 1 aliphatic heterocycles. The summed E-state index contributed by atoms with van der Waals surface area (Å²) in [4.78, 5) is 27.3. The Morgan fingerprint density at radius 1 is 1.00 bits per heavy atom. The normalized spacial score (nSPS) is 13.8. The van der Waals surface area contributed by atoms with Gasteiger partial charge in [0.05, 0.1) is 32.6 Å². The van der Waals surface area contributed by atoms with E-state index < -0.39 is 0 Å². The molecule has 0 aliphatic carbocycles. The Bertz CT molecular complexity index is 1160. The van der Waals surface area contributed by atoms with Gasteiger partial charge in [-0.1, -0.05) is 30.3 Å². The maximum absolute atomic E-state index is 14.0. The number of anilines is 2. The maximum Gasteiger partial charge on any atom is 0.255 e. The van der Waals surface area contributed by atoms with E-state index in [1.165, 1.54) is 13.2 Å². The van der Waals surface area contributed by atoms with Gasteiger partial charge in [0, 0.05) is 29.9 Å². The van der Waals surface area contributed by atoms with Crippen LogP contribution in [0, 0.1) is 5.82 Å². The Kier molecular flexibility index (Phi) is 7.51. The van der Waals surface area contributed by atoms with Crippen molar-refractivity contribution in [3.63, 3.8) is 0 Å². The molecule has 7 nitrogen and oxygen atoms in total. The Labute approximate surface area is 197 Å². The molecule has 3 aromatic rings. The smallest absolute Gasteiger partial charge is 0.255 e. The van der Waals surface area contributed by atoms with Crippen molar-refractivity contribution in [3.05, 3.63) is 78.1 Å². The third-order valence-electron chi connectivity index (χ3n) is 5.53. The number of benzene rings is 3. The van der Waals surface area contributed by atoms with E-state index >= 15 is 0 Å². The summed E-state index contributed by atoms with van der Waals surface area (Å²) in [6.07, 6.45) is 0. The minimum Gasteiger partial charge on any atom is -0.495 e. The average Bonchev–Trinajstić information content (AvgIpc) is 2.85. The van der Waals surface area contributed by atoms with Gasteiger partial charge in [-0.15, -0.1) is 0 Å². The van der Waals surface area contributed by atoms with Crippen LogP contribution in [0.2, 0.25) is 0 Å². The molecule has 34 heavy (non-hydrogen) atoms. The Balaban J connectivity index is 1.43. The molecule has 176 valence electrons. The van der Waals surface area contributed by atoms with Crippen molar-refractivity contribution in [2.75, 3.05) is 50.6 Å². The standard InChI is InChI=1S/C26H26FN3O4/c1-33-24-11-10-20(16-23(24)29-25(31)17-30-12-14-34-15-13-30)28-26(32)19-8-6-18(7-9-19)21-4-2-3-5-22(21)27/h2-11,16H,12-15,17H2,1H3,(H,28,32)(H,29,31). The third-order valence-corrected chi connectivity index (χ3v) is 5.53. The predicted molar refractivity (Wildman–Crippen MR) is 129 cm³/mol. The van der Waals surface area contributed by atoms with Crippen LogP contribution in [0.15, 0.2) is 66.7 Å². The number of amides is 2. The number of morpholine rings is 1. The summed E-state index contributed by atoms with van der Waals surface area (Å²) in [5, 5.41) is 5.69. The molecule has 0 radical (unpaired) electrons. The first-order valence-corrected chi connectivity index (χ1v) is 11.0. The fraction of sp³-hybridized carbons (Fsp3) is 0.231. The lowest BCUT2D eigenvalue weighted by molar-refractivity contribution is -0.118. The topological polar surface area (TPSA) is 79.9 Å². The highest BCUT2D eigenvalue weighted by atomic mass is 19.1. The maximum atomic E-state index is 14.0. The van der Waals surface area contributed by atoms with E-state index in [0.717, 1.165) is 0 Å². The summed E-state index contributed by atoms with van der Waals surface area (Å²) in [5.41, 5.74) is 2.55. The summed E-state index contributed by atoms with van der Waals surface area (Å²) >= 11 is 0. The number of hydrogen-bond acceptors (Lipinski definition) is 5. The zero-order chi connectivity index (χ0) is 23.9. The highest BCUT2D eigenvalue weighted by Crippen LogP contribution is 2.28. The monoisotopic (exact) mass is 463 g/mol. The number of carbonyl (C=O) groups is 2. The summed E-state index contributed by atoms with van der Waals surface area (Å²) in [7, 11) is 1.52. The zero-order valence-electron chi connectivity index (χ0n) is 18.8. The van der Waals surface area contributed by atoms with Crippen molar-refractivity contribution in [1.29, 1.82) is 0 Å². The van der Waals surface area contributed by atoms with Crippen molar-refractivity contribution >= 4 is 23.2 Å². The molecule has 4 rings (SSSR count). The first-order valence-electron chi connectivity index (χ1n) is 11.0. The third kappa shape index (κ3) is 5.78. The van der Waals surface area contributed by atoms with Crippen molar-refractivity contribution in [1.82, 2.24) is 4.90 Å². The molecule has 0 spiro atoms. The van der Waals surface area contributed by atoms with Gasteiger partial charge in [0.15, 0.2) is 0 Å². The molecule has 1 saturated heterocycles. The van der Waals surface area contributed by atoms with Gasteiger partial charge in [0.1, 0.15) is 11.6 Å². The Morgan fingerprint density at radius 3 is 2.44 bits per heavy atom. The lowest BCUT2D eigenvalue weighted by Gasteiger charge is -2.26. The van der Waals surface area contributed by atoms with Crippen LogP contribution in [-0.4, -0.2) is 56.7 Å². The van der Waals surface area contributed by atoms with Crippen LogP contribution in [0.3, 0.4) is 0 Å². The number of methoxy groups -OCH3 is 1. The SMILES string of the molecule is COc1ccc(NC(=O)c2ccc(-c3ccccc3F)cc2)cc1NC(=O)CN1CCOCC1. The van der Waals surface area contributed by atoms with Crippen molar-refractivity contribution in [2.45, 2.75) is 0 Å². The minimum absolute atomic E-state index is 0.174. The molecule has 0 atom stereocenters. The van der Waals surface area contributed by atoms with Crippen LogP contribution in [0.4, 0.5) is 15.8 Å². The van der Waals surface area contributed by atoms with E-state index in [9.17, 15) is 14.0 Å². The van der Waals surface area contributed by atoms with Crippen molar-refractivity contribution < 1.29 is 23.5 Å². The summed E-state index contributed by atoms with van der Waals surface area (Å²) < 4.78 is 24.7. The van der Waals surface area contributed by atoms with Gasteiger partial charge in [-0.25, -0.2) is 4.39 Å². The largest absolute Gasteiger partial charge is 0.495 e. The minimum atomic E-state index is -0.323. The van der Waals surface area contributed by atoms with Crippen molar-refractivity contribution in [3.8, 4) is 16.9 Å². The van der Waals surface area contributed by atoms with Crippen molar-refractivity contribution in [2.24, 2.45) is 0 Å². The fourth-order valence-electron chi connectivity index (χ4n) is 3.74. The molecule has 1 heterocycles. The molecule has 2 amide bonds. The molecule has 1 aliphatic rings. The van der Waals surface area contributed by atoms with Crippen LogP contribution in [0.1, 0.15) is 10.4 Å². The lowest BCUT2D eigenvalue weighted by Crippen LogP contribution is -2.41. The number of nitrogens with zero attached hydrogens (tertiary/aromatic N) is 1. The Hall–Kier alpha value is -3.75. The van der Waals surface area contributed by atoms with Gasteiger partial charge in [-0.05, 0) is 42.0 Å². The second-order valence-corrected chi connectivity index (χ2v) is 7.86. The first kappa shape index (κ1) is 23.4. The highest BCUT2D eigenvalue weighted by molar-refractivity contribution is 6.05. The summed E-state index contributed by atoms with van der Waals surface area (Å²) in [5.74, 6) is -0.327. The van der Waals surface area contributed by atoms with Gasteiger partial charge >= 0.3 is 0 Å². The summed E-state index contributed by atoms with van der Waals surface area (Å²) in [6, 6.07) is 18.2.